The summed E-state index contributed by atoms with van der Waals surface area (Å²) in [7, 11) is 2.06. The van der Waals surface area contributed by atoms with Crippen LogP contribution in [0, 0.1) is 5.41 Å². The average Bonchev–Trinajstić information content (AvgIpc) is 2.13. The maximum Gasteiger partial charge on any atom is 0.0598 e. The molecule has 1 rings (SSSR count). The van der Waals surface area contributed by atoms with Crippen molar-refractivity contribution in [3.63, 3.8) is 0 Å². The number of anilines is 2. The fourth-order valence-corrected chi connectivity index (χ4v) is 1.68. The zero-order chi connectivity index (χ0) is 12.3. The van der Waals surface area contributed by atoms with Crippen molar-refractivity contribution in [2.24, 2.45) is 5.41 Å². The van der Waals surface area contributed by atoms with E-state index in [1.54, 1.807) is 6.07 Å². The van der Waals surface area contributed by atoms with Crippen molar-refractivity contribution in [1.82, 2.24) is 0 Å². The maximum atomic E-state index is 5.94. The van der Waals surface area contributed by atoms with Crippen molar-refractivity contribution in [2.75, 3.05) is 24.2 Å². The molecular formula is C13H21ClN2. The SMILES string of the molecule is CN(CCC(C)(C)C)c1ccc(Cl)cc1N. The predicted molar refractivity (Wildman–Crippen MR) is 73.2 cm³/mol. The van der Waals surface area contributed by atoms with Crippen LogP contribution in [0.5, 0.6) is 0 Å². The molecule has 0 fully saturated rings. The molecule has 90 valence electrons. The first-order valence-electron chi connectivity index (χ1n) is 5.56. The Balaban J connectivity index is 2.70. The van der Waals surface area contributed by atoms with Gasteiger partial charge in [-0.1, -0.05) is 32.4 Å². The number of nitrogen functional groups attached to an aromatic ring is 1. The topological polar surface area (TPSA) is 29.3 Å². The number of rotatable bonds is 3. The summed E-state index contributed by atoms with van der Waals surface area (Å²) < 4.78 is 0. The number of hydrogen-bond donors (Lipinski definition) is 1. The Hall–Kier alpha value is -0.890. The van der Waals surface area contributed by atoms with Crippen LogP contribution in [0.15, 0.2) is 18.2 Å². The Morgan fingerprint density at radius 3 is 2.44 bits per heavy atom. The smallest absolute Gasteiger partial charge is 0.0598 e. The zero-order valence-corrected chi connectivity index (χ0v) is 11.3. The van der Waals surface area contributed by atoms with Gasteiger partial charge in [-0.2, -0.15) is 0 Å². The minimum absolute atomic E-state index is 0.343. The van der Waals surface area contributed by atoms with Crippen LogP contribution < -0.4 is 10.6 Å². The van der Waals surface area contributed by atoms with Crippen molar-refractivity contribution in [1.29, 1.82) is 0 Å². The number of hydrogen-bond acceptors (Lipinski definition) is 2. The molecule has 0 saturated carbocycles. The summed E-state index contributed by atoms with van der Waals surface area (Å²) >= 11 is 5.87. The van der Waals surface area contributed by atoms with Gasteiger partial charge < -0.3 is 10.6 Å². The number of nitrogens with two attached hydrogens (primary N) is 1. The van der Waals surface area contributed by atoms with E-state index in [0.29, 0.717) is 10.4 Å². The monoisotopic (exact) mass is 240 g/mol. The summed E-state index contributed by atoms with van der Waals surface area (Å²) in [6.07, 6.45) is 1.13. The van der Waals surface area contributed by atoms with Crippen LogP contribution in [0.1, 0.15) is 27.2 Å². The van der Waals surface area contributed by atoms with Gasteiger partial charge in [0.25, 0.3) is 0 Å². The van der Waals surface area contributed by atoms with Gasteiger partial charge in [-0.15, -0.1) is 0 Å². The lowest BCUT2D eigenvalue weighted by atomic mass is 9.92. The molecule has 0 bridgehead atoms. The molecule has 0 aliphatic rings. The lowest BCUT2D eigenvalue weighted by molar-refractivity contribution is 0.382. The minimum atomic E-state index is 0.343. The summed E-state index contributed by atoms with van der Waals surface area (Å²) in [4.78, 5) is 2.18. The highest BCUT2D eigenvalue weighted by molar-refractivity contribution is 6.31. The second-order valence-electron chi connectivity index (χ2n) is 5.44. The molecule has 0 heterocycles. The highest BCUT2D eigenvalue weighted by Crippen LogP contribution is 2.27. The first kappa shape index (κ1) is 13.2. The molecule has 0 spiro atoms. The molecule has 0 amide bonds. The molecule has 2 N–H and O–H groups in total. The molecule has 2 nitrogen and oxygen atoms in total. The molecule has 0 saturated heterocycles. The highest BCUT2D eigenvalue weighted by atomic mass is 35.5. The van der Waals surface area contributed by atoms with Gasteiger partial charge in [0, 0.05) is 18.6 Å². The van der Waals surface area contributed by atoms with Gasteiger partial charge in [0.1, 0.15) is 0 Å². The van der Waals surface area contributed by atoms with Gasteiger partial charge in [-0.25, -0.2) is 0 Å². The van der Waals surface area contributed by atoms with E-state index in [9.17, 15) is 0 Å². The van der Waals surface area contributed by atoms with Crippen LogP contribution in [0.25, 0.3) is 0 Å². The lowest BCUT2D eigenvalue weighted by Gasteiger charge is -2.26. The van der Waals surface area contributed by atoms with Gasteiger partial charge in [0.15, 0.2) is 0 Å². The first-order valence-corrected chi connectivity index (χ1v) is 5.93. The predicted octanol–water partition coefficient (Wildman–Crippen LogP) is 3.79. The van der Waals surface area contributed by atoms with Crippen LogP contribution in [0.2, 0.25) is 5.02 Å². The molecule has 0 aromatic heterocycles. The quantitative estimate of drug-likeness (QED) is 0.815. The van der Waals surface area contributed by atoms with E-state index in [1.165, 1.54) is 0 Å². The third-order valence-corrected chi connectivity index (χ3v) is 2.83. The van der Waals surface area contributed by atoms with Crippen molar-refractivity contribution in [3.8, 4) is 0 Å². The van der Waals surface area contributed by atoms with E-state index in [1.807, 2.05) is 12.1 Å². The molecule has 0 aliphatic heterocycles. The Kier molecular flexibility index (Phi) is 4.09. The van der Waals surface area contributed by atoms with E-state index < -0.39 is 0 Å². The Bertz CT molecular complexity index is 355. The molecule has 1 aromatic carbocycles. The third-order valence-electron chi connectivity index (χ3n) is 2.60. The van der Waals surface area contributed by atoms with Gasteiger partial charge >= 0.3 is 0 Å². The molecule has 0 unspecified atom stereocenters. The standard InChI is InChI=1S/C13H21ClN2/c1-13(2,3)7-8-16(4)12-6-5-10(14)9-11(12)15/h5-6,9H,7-8,15H2,1-4H3. The summed E-state index contributed by atoms with van der Waals surface area (Å²) in [6, 6.07) is 5.64. The Morgan fingerprint density at radius 2 is 1.94 bits per heavy atom. The fraction of sp³-hybridized carbons (Fsp3) is 0.538. The Labute approximate surface area is 103 Å². The lowest BCUT2D eigenvalue weighted by Crippen LogP contribution is -2.23. The van der Waals surface area contributed by atoms with Crippen molar-refractivity contribution >= 4 is 23.0 Å². The van der Waals surface area contributed by atoms with Crippen LogP contribution in [-0.4, -0.2) is 13.6 Å². The van der Waals surface area contributed by atoms with Gasteiger partial charge in [0.05, 0.1) is 11.4 Å². The third kappa shape index (κ3) is 3.93. The Morgan fingerprint density at radius 1 is 1.31 bits per heavy atom. The molecule has 0 radical (unpaired) electrons. The van der Waals surface area contributed by atoms with E-state index in [4.69, 9.17) is 17.3 Å². The fourth-order valence-electron chi connectivity index (χ4n) is 1.50. The molecular weight excluding hydrogens is 220 g/mol. The van der Waals surface area contributed by atoms with Gasteiger partial charge in [0.2, 0.25) is 0 Å². The van der Waals surface area contributed by atoms with Crippen molar-refractivity contribution < 1.29 is 0 Å². The van der Waals surface area contributed by atoms with E-state index in [-0.39, 0.29) is 0 Å². The molecule has 3 heteroatoms. The van der Waals surface area contributed by atoms with E-state index in [0.717, 1.165) is 24.3 Å². The van der Waals surface area contributed by atoms with Crippen molar-refractivity contribution in [2.45, 2.75) is 27.2 Å². The summed E-state index contributed by atoms with van der Waals surface area (Å²) in [5.74, 6) is 0. The maximum absolute atomic E-state index is 5.94. The molecule has 0 atom stereocenters. The molecule has 1 aromatic rings. The second-order valence-corrected chi connectivity index (χ2v) is 5.87. The molecule has 16 heavy (non-hydrogen) atoms. The summed E-state index contributed by atoms with van der Waals surface area (Å²) in [6.45, 7) is 7.72. The van der Waals surface area contributed by atoms with Gasteiger partial charge in [-0.3, -0.25) is 0 Å². The van der Waals surface area contributed by atoms with Crippen LogP contribution in [0.3, 0.4) is 0 Å². The number of benzene rings is 1. The normalized spacial score (nSPS) is 11.6. The van der Waals surface area contributed by atoms with Crippen LogP contribution in [0.4, 0.5) is 11.4 Å². The minimum Gasteiger partial charge on any atom is -0.397 e. The summed E-state index contributed by atoms with van der Waals surface area (Å²) in [5, 5.41) is 0.686. The average molecular weight is 241 g/mol. The zero-order valence-electron chi connectivity index (χ0n) is 10.5. The second kappa shape index (κ2) is 4.96. The molecule has 0 aliphatic carbocycles. The number of halogens is 1. The van der Waals surface area contributed by atoms with Crippen LogP contribution in [-0.2, 0) is 0 Å². The number of nitrogens with zero attached hydrogens (tertiary/aromatic N) is 1. The van der Waals surface area contributed by atoms with E-state index in [2.05, 4.69) is 32.7 Å². The van der Waals surface area contributed by atoms with Crippen LogP contribution >= 0.6 is 11.6 Å². The largest absolute Gasteiger partial charge is 0.397 e. The van der Waals surface area contributed by atoms with Gasteiger partial charge in [-0.05, 0) is 30.0 Å². The first-order chi connectivity index (χ1) is 7.29. The highest BCUT2D eigenvalue weighted by Gasteiger charge is 2.12. The summed E-state index contributed by atoms with van der Waals surface area (Å²) in [5.41, 5.74) is 8.07. The van der Waals surface area contributed by atoms with Crippen molar-refractivity contribution in [3.05, 3.63) is 23.2 Å². The van der Waals surface area contributed by atoms with E-state index >= 15 is 0 Å².